The van der Waals surface area contributed by atoms with Crippen LogP contribution in [0.15, 0.2) is 42.5 Å². The molecular weight excluding hydrogens is 508 g/mol. The zero-order chi connectivity index (χ0) is 28.4. The van der Waals surface area contributed by atoms with Crippen LogP contribution in [-0.4, -0.2) is 53.0 Å². The fraction of sp³-hybridized carbons (Fsp3) is 0.452. The molecule has 9 nitrogen and oxygen atoms in total. The van der Waals surface area contributed by atoms with Crippen LogP contribution >= 0.6 is 0 Å². The van der Waals surface area contributed by atoms with Crippen LogP contribution < -0.4 is 20.1 Å². The van der Waals surface area contributed by atoms with Crippen molar-refractivity contribution in [2.75, 3.05) is 19.5 Å². The monoisotopic (exact) mass is 546 g/mol. The van der Waals surface area contributed by atoms with Crippen molar-refractivity contribution >= 4 is 34.3 Å². The molecule has 1 saturated carbocycles. The van der Waals surface area contributed by atoms with E-state index in [1.165, 1.54) is 19.8 Å². The van der Waals surface area contributed by atoms with Crippen molar-refractivity contribution in [3.8, 4) is 11.5 Å². The lowest BCUT2D eigenvalue weighted by molar-refractivity contribution is -0.134. The molecule has 0 spiro atoms. The van der Waals surface area contributed by atoms with Crippen LogP contribution in [0.4, 0.5) is 5.69 Å². The first-order chi connectivity index (χ1) is 19.3. The summed E-state index contributed by atoms with van der Waals surface area (Å²) < 4.78 is 12.9. The number of nitrogens with zero attached hydrogens (tertiary/aromatic N) is 2. The maximum atomic E-state index is 14.5. The van der Waals surface area contributed by atoms with Crippen LogP contribution in [0.1, 0.15) is 68.4 Å². The van der Waals surface area contributed by atoms with Crippen molar-refractivity contribution < 1.29 is 23.9 Å². The van der Waals surface area contributed by atoms with Gasteiger partial charge in [0.1, 0.15) is 11.2 Å². The summed E-state index contributed by atoms with van der Waals surface area (Å²) in [7, 11) is 3.09. The lowest BCUT2D eigenvalue weighted by Crippen LogP contribution is -2.64. The maximum Gasteiger partial charge on any atom is 0.273 e. The molecule has 40 heavy (non-hydrogen) atoms. The molecule has 0 bridgehead atoms. The predicted molar refractivity (Wildman–Crippen MR) is 154 cm³/mol. The highest BCUT2D eigenvalue weighted by atomic mass is 16.5. The zero-order valence-corrected chi connectivity index (χ0v) is 23.7. The molecule has 0 radical (unpaired) electrons. The van der Waals surface area contributed by atoms with Gasteiger partial charge in [-0.25, -0.2) is 0 Å². The van der Waals surface area contributed by atoms with Crippen molar-refractivity contribution in [1.82, 2.24) is 14.8 Å². The van der Waals surface area contributed by atoms with Gasteiger partial charge in [-0.1, -0.05) is 56.0 Å². The molecule has 1 aromatic heterocycles. The Labute approximate surface area is 234 Å². The SMILES string of the molecule is COc1cc2c(NC(C)=O)c3n(c2cc1OC)C[C@](C)(C(=O)NC1CCCCCC1)N(Cc1ccccc1)C3=O. The molecular formula is C31H38N4O5. The number of carbonyl (C=O) groups is 3. The summed E-state index contributed by atoms with van der Waals surface area (Å²) >= 11 is 0. The highest BCUT2D eigenvalue weighted by Gasteiger charge is 2.49. The number of amides is 3. The van der Waals surface area contributed by atoms with E-state index in [9.17, 15) is 14.4 Å². The molecule has 0 saturated heterocycles. The number of fused-ring (bicyclic) bond motifs is 3. The second kappa shape index (κ2) is 11.2. The van der Waals surface area contributed by atoms with Crippen molar-refractivity contribution in [1.29, 1.82) is 0 Å². The maximum absolute atomic E-state index is 14.5. The van der Waals surface area contributed by atoms with Crippen LogP contribution in [0.3, 0.4) is 0 Å². The van der Waals surface area contributed by atoms with E-state index >= 15 is 0 Å². The van der Waals surface area contributed by atoms with E-state index in [2.05, 4.69) is 10.6 Å². The molecule has 212 valence electrons. The molecule has 2 heterocycles. The summed E-state index contributed by atoms with van der Waals surface area (Å²) in [5.41, 5.74) is 1.14. The van der Waals surface area contributed by atoms with E-state index in [-0.39, 0.29) is 36.9 Å². The summed E-state index contributed by atoms with van der Waals surface area (Å²) in [5.74, 6) is 0.177. The van der Waals surface area contributed by atoms with E-state index in [0.717, 1.165) is 31.2 Å². The smallest absolute Gasteiger partial charge is 0.273 e. The van der Waals surface area contributed by atoms with E-state index in [4.69, 9.17) is 9.47 Å². The number of rotatable bonds is 7. The Morgan fingerprint density at radius 3 is 2.27 bits per heavy atom. The Bertz CT molecular complexity index is 1420. The van der Waals surface area contributed by atoms with Crippen LogP contribution in [0.2, 0.25) is 0 Å². The number of hydrogen-bond donors (Lipinski definition) is 2. The van der Waals surface area contributed by atoms with Crippen molar-refractivity contribution in [2.45, 2.75) is 77.0 Å². The molecule has 2 aromatic carbocycles. The highest BCUT2D eigenvalue weighted by molar-refractivity contribution is 6.15. The average Bonchev–Trinajstić information content (AvgIpc) is 3.08. The molecule has 3 amide bonds. The quantitative estimate of drug-likeness (QED) is 0.412. The molecule has 1 aliphatic carbocycles. The zero-order valence-electron chi connectivity index (χ0n) is 23.7. The van der Waals surface area contributed by atoms with Crippen molar-refractivity contribution in [2.24, 2.45) is 0 Å². The van der Waals surface area contributed by atoms with E-state index in [0.29, 0.717) is 33.8 Å². The van der Waals surface area contributed by atoms with Crippen LogP contribution in [0, 0.1) is 0 Å². The number of methoxy groups -OCH3 is 2. The van der Waals surface area contributed by atoms with Gasteiger partial charge in [-0.05, 0) is 31.4 Å². The van der Waals surface area contributed by atoms with E-state index in [1.807, 2.05) is 41.8 Å². The molecule has 0 unspecified atom stereocenters. The standard InChI is InChI=1S/C31H38N4O5/c1-20(36)32-27-23-16-25(39-3)26(40-4)17-24(23)34-19-31(2,30(38)33-22-14-10-5-6-11-15-22)35(29(37)28(27)34)18-21-12-8-7-9-13-21/h7-9,12-13,16-17,22H,5-6,10-11,14-15,18-19H2,1-4H3,(H,32,36)(H,33,38)/t31-/m1/s1. The lowest BCUT2D eigenvalue weighted by atomic mass is 9.92. The fourth-order valence-electron chi connectivity index (χ4n) is 6.08. The second-order valence-electron chi connectivity index (χ2n) is 11.0. The van der Waals surface area contributed by atoms with Crippen molar-refractivity contribution in [3.63, 3.8) is 0 Å². The largest absolute Gasteiger partial charge is 0.493 e. The van der Waals surface area contributed by atoms with Gasteiger partial charge in [-0.2, -0.15) is 0 Å². The van der Waals surface area contributed by atoms with Crippen LogP contribution in [0.5, 0.6) is 11.5 Å². The molecule has 2 N–H and O–H groups in total. The third-order valence-corrected chi connectivity index (χ3v) is 8.24. The molecule has 9 heteroatoms. The average molecular weight is 547 g/mol. The van der Waals surface area contributed by atoms with Gasteiger partial charge in [0.25, 0.3) is 5.91 Å². The van der Waals surface area contributed by atoms with Gasteiger partial charge in [0.2, 0.25) is 11.8 Å². The Kier molecular flexibility index (Phi) is 7.74. The minimum absolute atomic E-state index is 0.0857. The van der Waals surface area contributed by atoms with E-state index in [1.54, 1.807) is 31.3 Å². The van der Waals surface area contributed by atoms with Gasteiger partial charge in [0.15, 0.2) is 11.5 Å². The van der Waals surface area contributed by atoms with Gasteiger partial charge < -0.3 is 29.6 Å². The second-order valence-corrected chi connectivity index (χ2v) is 11.0. The number of nitrogens with one attached hydrogen (secondary N) is 2. The fourth-order valence-corrected chi connectivity index (χ4v) is 6.08. The van der Waals surface area contributed by atoms with Gasteiger partial charge in [-0.3, -0.25) is 14.4 Å². The van der Waals surface area contributed by atoms with E-state index < -0.39 is 5.54 Å². The highest BCUT2D eigenvalue weighted by Crippen LogP contribution is 2.43. The molecule has 2 aliphatic rings. The Balaban J connectivity index is 1.67. The lowest BCUT2D eigenvalue weighted by Gasteiger charge is -2.45. The Morgan fingerprint density at radius 1 is 1.00 bits per heavy atom. The molecule has 1 aliphatic heterocycles. The molecule has 3 aromatic rings. The van der Waals surface area contributed by atoms with Crippen LogP contribution in [0.25, 0.3) is 10.9 Å². The number of aromatic nitrogens is 1. The first kappa shape index (κ1) is 27.6. The first-order valence-electron chi connectivity index (χ1n) is 14.0. The molecule has 1 fully saturated rings. The number of benzene rings is 2. The number of hydrogen-bond acceptors (Lipinski definition) is 5. The topological polar surface area (TPSA) is 102 Å². The Hall–Kier alpha value is -4.01. The summed E-state index contributed by atoms with van der Waals surface area (Å²) in [5, 5.41) is 6.83. The van der Waals surface area contributed by atoms with Gasteiger partial charge >= 0.3 is 0 Å². The normalized spacial score (nSPS) is 19.6. The summed E-state index contributed by atoms with van der Waals surface area (Å²) in [4.78, 5) is 42.6. The summed E-state index contributed by atoms with van der Waals surface area (Å²) in [6.45, 7) is 3.72. The van der Waals surface area contributed by atoms with Crippen LogP contribution in [-0.2, 0) is 22.7 Å². The third kappa shape index (κ3) is 5.00. The summed E-state index contributed by atoms with van der Waals surface area (Å²) in [6.07, 6.45) is 6.41. The Morgan fingerprint density at radius 2 is 1.65 bits per heavy atom. The number of ether oxygens (including phenoxy) is 2. The van der Waals surface area contributed by atoms with Gasteiger partial charge in [0.05, 0.1) is 32.0 Å². The van der Waals surface area contributed by atoms with Gasteiger partial charge in [0, 0.05) is 31.0 Å². The van der Waals surface area contributed by atoms with Crippen molar-refractivity contribution in [3.05, 3.63) is 53.7 Å². The first-order valence-corrected chi connectivity index (χ1v) is 14.0. The molecule has 5 rings (SSSR count). The minimum atomic E-state index is -1.18. The van der Waals surface area contributed by atoms with Gasteiger partial charge in [-0.15, -0.1) is 0 Å². The number of anilines is 1. The number of carbonyl (C=O) groups excluding carboxylic acids is 3. The molecule has 1 atom stereocenters. The predicted octanol–water partition coefficient (Wildman–Crippen LogP) is 4.87. The third-order valence-electron chi connectivity index (χ3n) is 8.24. The summed E-state index contributed by atoms with van der Waals surface area (Å²) in [6, 6.07) is 13.3. The minimum Gasteiger partial charge on any atom is -0.493 e.